The molecule has 20 nitrogen and oxygen atoms in total. The van der Waals surface area contributed by atoms with Crippen molar-refractivity contribution in [3.8, 4) is 0 Å². The van der Waals surface area contributed by atoms with Gasteiger partial charge in [-0.15, -0.1) is 0 Å². The number of likely N-dealkylation sites (N-methyl/N-ethyl adjacent to an activating group) is 2. The highest BCUT2D eigenvalue weighted by Crippen LogP contribution is 2.29. The maximum Gasteiger partial charge on any atom is 0.253 e. The van der Waals surface area contributed by atoms with Crippen LogP contribution >= 0.6 is 0 Å². The number of imide groups is 1. The van der Waals surface area contributed by atoms with Gasteiger partial charge in [-0.05, 0) is 88.5 Å². The molecule has 2 aliphatic heterocycles. The first-order valence-corrected chi connectivity index (χ1v) is 25.9. The summed E-state index contributed by atoms with van der Waals surface area (Å²) in [6, 6.07) is 6.24. The number of likely N-dealkylation sites (tertiary alicyclic amines) is 1. The minimum absolute atomic E-state index is 0.0425. The molecule has 1 fully saturated rings. The number of unbranched alkanes of at least 4 members (excludes halogenated alkanes) is 2. The topological polar surface area (TPSA) is 259 Å². The highest BCUT2D eigenvalue weighted by Gasteiger charge is 2.41. The number of amides is 8. The second-order valence-electron chi connectivity index (χ2n) is 20.3. The van der Waals surface area contributed by atoms with E-state index in [0.29, 0.717) is 45.2 Å². The van der Waals surface area contributed by atoms with Gasteiger partial charge in [0.1, 0.15) is 18.4 Å². The molecule has 20 heteroatoms. The molecule has 0 unspecified atom stereocenters. The monoisotopic (exact) mass is 1020 g/mol. The van der Waals surface area contributed by atoms with Crippen molar-refractivity contribution < 1.29 is 52.6 Å². The quantitative estimate of drug-likeness (QED) is 0.0294. The van der Waals surface area contributed by atoms with Gasteiger partial charge in [-0.3, -0.25) is 63.9 Å². The van der Waals surface area contributed by atoms with Gasteiger partial charge in [0, 0.05) is 71.7 Å². The number of hydrazine groups is 1. The minimum atomic E-state index is -0.916. The van der Waals surface area contributed by atoms with Crippen LogP contribution in [0.5, 0.6) is 0 Å². The number of nitrogens with zero attached hydrogens (tertiary/aromatic N) is 4. The second-order valence-corrected chi connectivity index (χ2v) is 20.3. The van der Waals surface area contributed by atoms with E-state index in [9.17, 15) is 43.2 Å². The Balaban J connectivity index is 1.59. The maximum absolute atomic E-state index is 14.6. The van der Waals surface area contributed by atoms with E-state index in [0.717, 1.165) is 36.1 Å². The van der Waals surface area contributed by atoms with Gasteiger partial charge in [0.25, 0.3) is 11.8 Å². The van der Waals surface area contributed by atoms with Gasteiger partial charge in [-0.1, -0.05) is 78.3 Å². The van der Waals surface area contributed by atoms with Crippen LogP contribution in [0.2, 0.25) is 0 Å². The van der Waals surface area contributed by atoms with Crippen LogP contribution in [-0.4, -0.2) is 170 Å². The molecular weight excluding hydrogens is 939 g/mol. The fourth-order valence-electron chi connectivity index (χ4n) is 10.1. The van der Waals surface area contributed by atoms with Crippen LogP contribution in [-0.2, 0) is 59.0 Å². The van der Waals surface area contributed by atoms with E-state index in [2.05, 4.69) is 26.4 Å². The molecule has 1 saturated heterocycles. The van der Waals surface area contributed by atoms with Crippen molar-refractivity contribution >= 4 is 53.5 Å². The van der Waals surface area contributed by atoms with Crippen molar-refractivity contribution in [3.05, 3.63) is 48.0 Å². The molecular formula is C53H85N9O11. The zero-order valence-electron chi connectivity index (χ0n) is 44.9. The van der Waals surface area contributed by atoms with E-state index in [1.807, 2.05) is 69.9 Å². The average Bonchev–Trinajstić information content (AvgIpc) is 3.95. The van der Waals surface area contributed by atoms with Gasteiger partial charge < -0.3 is 35.5 Å². The lowest BCUT2D eigenvalue weighted by atomic mass is 9.89. The summed E-state index contributed by atoms with van der Waals surface area (Å²) in [5.41, 5.74) is 11.4. The molecule has 0 spiro atoms. The Morgan fingerprint density at radius 2 is 1.44 bits per heavy atom. The lowest BCUT2D eigenvalue weighted by Crippen LogP contribution is -2.59. The number of aldehydes is 1. The number of rotatable bonds is 33. The van der Waals surface area contributed by atoms with E-state index in [4.69, 9.17) is 15.2 Å². The normalized spacial score (nSPS) is 18.2. The molecule has 9 atom stereocenters. The van der Waals surface area contributed by atoms with Crippen LogP contribution in [0.1, 0.15) is 111 Å². The number of methoxy groups -OCH3 is 2. The summed E-state index contributed by atoms with van der Waals surface area (Å²) in [5, 5.41) is 5.90. The van der Waals surface area contributed by atoms with Crippen LogP contribution in [0.3, 0.4) is 0 Å². The van der Waals surface area contributed by atoms with Crippen molar-refractivity contribution in [1.82, 2.24) is 41.1 Å². The van der Waals surface area contributed by atoms with Gasteiger partial charge in [-0.25, -0.2) is 0 Å². The van der Waals surface area contributed by atoms with Crippen molar-refractivity contribution in [2.24, 2.45) is 29.4 Å². The van der Waals surface area contributed by atoms with Gasteiger partial charge in [0.2, 0.25) is 35.4 Å². The van der Waals surface area contributed by atoms with Crippen LogP contribution in [0, 0.1) is 23.7 Å². The molecule has 8 amide bonds. The number of hydrogen-bond acceptors (Lipinski definition) is 13. The smallest absolute Gasteiger partial charge is 0.253 e. The Morgan fingerprint density at radius 3 is 2.00 bits per heavy atom. The van der Waals surface area contributed by atoms with Gasteiger partial charge in [-0.2, -0.15) is 0 Å². The molecule has 2 heterocycles. The van der Waals surface area contributed by atoms with E-state index in [-0.39, 0.29) is 91.5 Å². The summed E-state index contributed by atoms with van der Waals surface area (Å²) in [6.07, 6.45) is 7.02. The fourth-order valence-corrected chi connectivity index (χ4v) is 10.1. The molecule has 0 aromatic heterocycles. The Hall–Kier alpha value is -5.57. The SMILES string of the molecule is CO[C@H]([C@@H](C)C(=O)N[C@@H](Cc1ccccc1)C(N)=O)[C@@H]1CCCN1CC[C@H](C)[C@@H]([C@@H](CC=O)OC)N(C)C(=O)[C@@H](NC(=O)[C@H](C(C)C)N(C)CCCC(=O)NNC(=O)CCCCCN1C(=O)C=CC1=O)C(C)C. The van der Waals surface area contributed by atoms with Gasteiger partial charge in [0.15, 0.2) is 0 Å². The number of benzene rings is 1. The molecule has 408 valence electrons. The summed E-state index contributed by atoms with van der Waals surface area (Å²) in [7, 11) is 6.57. The summed E-state index contributed by atoms with van der Waals surface area (Å²) < 4.78 is 11.9. The van der Waals surface area contributed by atoms with Gasteiger partial charge >= 0.3 is 0 Å². The van der Waals surface area contributed by atoms with E-state index in [1.165, 1.54) is 19.3 Å². The van der Waals surface area contributed by atoms with Crippen LogP contribution in [0.15, 0.2) is 42.5 Å². The van der Waals surface area contributed by atoms with Crippen molar-refractivity contribution in [1.29, 1.82) is 0 Å². The van der Waals surface area contributed by atoms with Crippen LogP contribution in [0.4, 0.5) is 0 Å². The number of hydrogen-bond donors (Lipinski definition) is 5. The molecule has 2 aliphatic rings. The predicted octanol–water partition coefficient (Wildman–Crippen LogP) is 2.28. The summed E-state index contributed by atoms with van der Waals surface area (Å²) >= 11 is 0. The number of primary amides is 1. The summed E-state index contributed by atoms with van der Waals surface area (Å²) in [6.45, 7) is 13.4. The first kappa shape index (κ1) is 61.7. The highest BCUT2D eigenvalue weighted by atomic mass is 16.5. The molecule has 0 bridgehead atoms. The lowest BCUT2D eigenvalue weighted by molar-refractivity contribution is -0.144. The molecule has 73 heavy (non-hydrogen) atoms. The maximum atomic E-state index is 14.6. The summed E-state index contributed by atoms with van der Waals surface area (Å²) in [5.74, 6) is -4.34. The van der Waals surface area contributed by atoms with Crippen LogP contribution in [0.25, 0.3) is 0 Å². The van der Waals surface area contributed by atoms with E-state index in [1.54, 1.807) is 33.0 Å². The molecule has 3 rings (SSSR count). The Labute approximate surface area is 432 Å². The molecule has 1 aromatic carbocycles. The molecule has 0 radical (unpaired) electrons. The number of carbonyl (C=O) groups excluding carboxylic acids is 9. The highest BCUT2D eigenvalue weighted by molar-refractivity contribution is 6.12. The number of carbonyl (C=O) groups is 9. The molecule has 0 aliphatic carbocycles. The zero-order valence-corrected chi connectivity index (χ0v) is 44.9. The third kappa shape index (κ3) is 19.0. The molecule has 6 N–H and O–H groups in total. The number of nitrogens with one attached hydrogen (secondary N) is 4. The first-order valence-electron chi connectivity index (χ1n) is 25.9. The number of ether oxygens (including phenoxy) is 2. The van der Waals surface area contributed by atoms with Crippen molar-refractivity contribution in [2.45, 2.75) is 155 Å². The summed E-state index contributed by atoms with van der Waals surface area (Å²) in [4.78, 5) is 122. The average molecular weight is 1020 g/mol. The zero-order chi connectivity index (χ0) is 54.4. The second kappa shape index (κ2) is 31.2. The Kier molecular flexibility index (Phi) is 26.4. The third-order valence-electron chi connectivity index (χ3n) is 14.2. The standard InChI is InChI=1S/C53H85N9O11/c1-34(2)46(56-52(70)47(35(3)4)59(7)28-18-23-43(65)58-57-42(64)22-15-12-16-30-62-44(66)24-25-45(62)67)53(71)60(8)48(41(72-9)27-32-63)36(5)26-31-61-29-17-21-40(61)49(73-10)37(6)51(69)55-39(50(54)68)33-38-19-13-11-14-20-38/h11,13-14,19-20,24-25,32,34-37,39-41,46-49H,12,15-18,21-23,26-31,33H2,1-10H3,(H2,54,68)(H,55,69)(H,56,70)(H,57,64)(H,58,65)/t36-,37+,39-,40-,41+,46-,47-,48-,49+/m0/s1. The lowest BCUT2D eigenvalue weighted by Gasteiger charge is -2.41. The van der Waals surface area contributed by atoms with E-state index >= 15 is 0 Å². The Morgan fingerprint density at radius 1 is 0.808 bits per heavy atom. The molecule has 1 aromatic rings. The van der Waals surface area contributed by atoms with E-state index < -0.39 is 54.1 Å². The van der Waals surface area contributed by atoms with Crippen molar-refractivity contribution in [3.63, 3.8) is 0 Å². The Bertz CT molecular complexity index is 2000. The third-order valence-corrected chi connectivity index (χ3v) is 14.2. The van der Waals surface area contributed by atoms with Crippen LogP contribution < -0.4 is 27.2 Å². The number of nitrogens with two attached hydrogens (primary N) is 1. The van der Waals surface area contributed by atoms with Crippen molar-refractivity contribution in [2.75, 3.05) is 54.5 Å². The predicted molar refractivity (Wildman–Crippen MR) is 276 cm³/mol. The first-order chi connectivity index (χ1) is 34.7. The fraction of sp³-hybridized carbons (Fsp3) is 0.679. The van der Waals surface area contributed by atoms with Gasteiger partial charge in [0.05, 0.1) is 30.2 Å². The minimum Gasteiger partial charge on any atom is -0.379 e. The largest absolute Gasteiger partial charge is 0.379 e. The molecule has 0 saturated carbocycles.